The van der Waals surface area contributed by atoms with E-state index in [0.29, 0.717) is 12.8 Å². The molecule has 0 saturated carbocycles. The summed E-state index contributed by atoms with van der Waals surface area (Å²) in [5.74, 6) is 1.54. The van der Waals surface area contributed by atoms with Crippen LogP contribution in [0, 0.1) is 6.92 Å². The lowest BCUT2D eigenvalue weighted by Gasteiger charge is -2.10. The fourth-order valence-corrected chi connectivity index (χ4v) is 1.43. The van der Waals surface area contributed by atoms with Crippen LogP contribution in [0.3, 0.4) is 0 Å². The number of aliphatic hydroxyl groups excluding tert-OH is 1. The van der Waals surface area contributed by atoms with Crippen molar-refractivity contribution in [2.24, 2.45) is 0 Å². The number of aliphatic hydroxyl groups is 1. The number of carbonyl (C=O) groups is 1. The van der Waals surface area contributed by atoms with E-state index < -0.39 is 6.10 Å². The lowest BCUT2D eigenvalue weighted by Crippen LogP contribution is -2.34. The van der Waals surface area contributed by atoms with Gasteiger partial charge in [0, 0.05) is 26.5 Å². The molecule has 0 aliphatic heterocycles. The van der Waals surface area contributed by atoms with Crippen LogP contribution in [0.4, 0.5) is 0 Å². The zero-order valence-corrected chi connectivity index (χ0v) is 10.2. The Kier molecular flexibility index (Phi) is 5.72. The zero-order valence-electron chi connectivity index (χ0n) is 10.2. The minimum atomic E-state index is -0.658. The number of methoxy groups -OCH3 is 1. The fraction of sp³-hybridized carbons (Fsp3) is 0.583. The number of hydrogen-bond donors (Lipinski definition) is 2. The molecule has 0 aliphatic rings. The predicted octanol–water partition coefficient (Wildman–Crippen LogP) is 0.644. The molecule has 96 valence electrons. The largest absolute Gasteiger partial charge is 0.466 e. The van der Waals surface area contributed by atoms with Crippen molar-refractivity contribution >= 4 is 5.91 Å². The van der Waals surface area contributed by atoms with Gasteiger partial charge in [-0.3, -0.25) is 4.79 Å². The van der Waals surface area contributed by atoms with Crippen LogP contribution in [0.15, 0.2) is 16.5 Å². The second-order valence-corrected chi connectivity index (χ2v) is 3.93. The Morgan fingerprint density at radius 3 is 2.94 bits per heavy atom. The van der Waals surface area contributed by atoms with Gasteiger partial charge in [-0.1, -0.05) is 0 Å². The lowest BCUT2D eigenvalue weighted by atomic mass is 10.2. The highest BCUT2D eigenvalue weighted by Gasteiger charge is 2.07. The summed E-state index contributed by atoms with van der Waals surface area (Å²) < 4.78 is 10.1. The number of nitrogens with one attached hydrogen (secondary N) is 1. The van der Waals surface area contributed by atoms with E-state index in [4.69, 9.17) is 9.15 Å². The van der Waals surface area contributed by atoms with Crippen LogP contribution >= 0.6 is 0 Å². The van der Waals surface area contributed by atoms with Gasteiger partial charge < -0.3 is 19.6 Å². The Bertz CT molecular complexity index is 348. The minimum absolute atomic E-state index is 0.103. The van der Waals surface area contributed by atoms with E-state index in [2.05, 4.69) is 5.32 Å². The number of furan rings is 1. The molecule has 0 bridgehead atoms. The molecule has 1 heterocycles. The fourth-order valence-electron chi connectivity index (χ4n) is 1.43. The molecule has 5 nitrogen and oxygen atoms in total. The quantitative estimate of drug-likeness (QED) is 0.735. The molecule has 0 fully saturated rings. The van der Waals surface area contributed by atoms with Crippen molar-refractivity contribution in [3.63, 3.8) is 0 Å². The molecule has 2 N–H and O–H groups in total. The highest BCUT2D eigenvalue weighted by molar-refractivity contribution is 5.76. The second-order valence-electron chi connectivity index (χ2n) is 3.93. The zero-order chi connectivity index (χ0) is 12.7. The lowest BCUT2D eigenvalue weighted by molar-refractivity contribution is -0.121. The van der Waals surface area contributed by atoms with Gasteiger partial charge in [-0.25, -0.2) is 0 Å². The number of amides is 1. The molecule has 0 aliphatic carbocycles. The number of aryl methyl sites for hydroxylation is 2. The Hall–Kier alpha value is -1.33. The normalized spacial score (nSPS) is 12.4. The van der Waals surface area contributed by atoms with Gasteiger partial charge in [-0.05, 0) is 19.1 Å². The molecule has 17 heavy (non-hydrogen) atoms. The van der Waals surface area contributed by atoms with E-state index in [0.717, 1.165) is 11.5 Å². The van der Waals surface area contributed by atoms with Crippen LogP contribution in [0.5, 0.6) is 0 Å². The summed E-state index contributed by atoms with van der Waals surface area (Å²) in [5.41, 5.74) is 0. The van der Waals surface area contributed by atoms with Gasteiger partial charge in [-0.2, -0.15) is 0 Å². The Balaban J connectivity index is 2.17. The summed E-state index contributed by atoms with van der Waals surface area (Å²) in [6.45, 7) is 2.30. The van der Waals surface area contributed by atoms with E-state index in [1.165, 1.54) is 7.11 Å². The van der Waals surface area contributed by atoms with Crippen LogP contribution in [-0.4, -0.2) is 37.4 Å². The maximum absolute atomic E-state index is 11.4. The number of ether oxygens (including phenoxy) is 1. The van der Waals surface area contributed by atoms with Gasteiger partial charge in [0.15, 0.2) is 0 Å². The molecule has 1 amide bonds. The summed E-state index contributed by atoms with van der Waals surface area (Å²) in [5, 5.41) is 12.0. The molecule has 1 aromatic rings. The Morgan fingerprint density at radius 2 is 2.35 bits per heavy atom. The SMILES string of the molecule is COCC(O)CNC(=O)CCc1ccc(C)o1. The molecule has 0 spiro atoms. The maximum Gasteiger partial charge on any atom is 0.220 e. The molecule has 0 saturated heterocycles. The summed E-state index contributed by atoms with van der Waals surface area (Å²) >= 11 is 0. The molecular formula is C12H19NO4. The average Bonchev–Trinajstić information content (AvgIpc) is 2.70. The van der Waals surface area contributed by atoms with Gasteiger partial charge in [0.1, 0.15) is 11.5 Å². The van der Waals surface area contributed by atoms with E-state index in [1.807, 2.05) is 19.1 Å². The first kappa shape index (κ1) is 13.7. The molecular weight excluding hydrogens is 222 g/mol. The third-order valence-corrected chi connectivity index (χ3v) is 2.29. The molecule has 1 atom stereocenters. The van der Waals surface area contributed by atoms with Crippen LogP contribution in [0.2, 0.25) is 0 Å². The molecule has 1 aromatic heterocycles. The molecule has 5 heteroatoms. The van der Waals surface area contributed by atoms with Crippen molar-refractivity contribution in [3.8, 4) is 0 Å². The highest BCUT2D eigenvalue weighted by Crippen LogP contribution is 2.08. The first-order valence-corrected chi connectivity index (χ1v) is 5.61. The van der Waals surface area contributed by atoms with Gasteiger partial charge in [0.25, 0.3) is 0 Å². The van der Waals surface area contributed by atoms with E-state index >= 15 is 0 Å². The topological polar surface area (TPSA) is 71.7 Å². The standard InChI is InChI=1S/C12H19NO4/c1-9-3-4-11(17-9)5-6-12(15)13-7-10(14)8-16-2/h3-4,10,14H,5-8H2,1-2H3,(H,13,15). The monoisotopic (exact) mass is 241 g/mol. The number of carbonyl (C=O) groups excluding carboxylic acids is 1. The molecule has 0 aromatic carbocycles. The van der Waals surface area contributed by atoms with Gasteiger partial charge in [0.2, 0.25) is 5.91 Å². The first-order chi connectivity index (χ1) is 8.11. The summed E-state index contributed by atoms with van der Waals surface area (Å²) in [7, 11) is 1.50. The average molecular weight is 241 g/mol. The summed E-state index contributed by atoms with van der Waals surface area (Å²) in [6.07, 6.45) is 0.266. The van der Waals surface area contributed by atoms with Crippen molar-refractivity contribution < 1.29 is 19.1 Å². The maximum atomic E-state index is 11.4. The molecule has 1 unspecified atom stereocenters. The van der Waals surface area contributed by atoms with Crippen molar-refractivity contribution in [1.29, 1.82) is 0 Å². The van der Waals surface area contributed by atoms with E-state index in [9.17, 15) is 9.90 Å². The number of rotatable bonds is 7. The van der Waals surface area contributed by atoms with Crippen LogP contribution in [-0.2, 0) is 16.0 Å². The van der Waals surface area contributed by atoms with Gasteiger partial charge in [-0.15, -0.1) is 0 Å². The Morgan fingerprint density at radius 1 is 1.59 bits per heavy atom. The van der Waals surface area contributed by atoms with Crippen LogP contribution in [0.25, 0.3) is 0 Å². The van der Waals surface area contributed by atoms with Crippen molar-refractivity contribution in [1.82, 2.24) is 5.32 Å². The van der Waals surface area contributed by atoms with E-state index in [-0.39, 0.29) is 19.1 Å². The van der Waals surface area contributed by atoms with Gasteiger partial charge in [0.05, 0.1) is 12.7 Å². The first-order valence-electron chi connectivity index (χ1n) is 5.61. The molecule has 0 radical (unpaired) electrons. The minimum Gasteiger partial charge on any atom is -0.466 e. The third-order valence-electron chi connectivity index (χ3n) is 2.29. The van der Waals surface area contributed by atoms with Crippen molar-refractivity contribution in [2.75, 3.05) is 20.3 Å². The predicted molar refractivity (Wildman–Crippen MR) is 62.7 cm³/mol. The Labute approximate surface area is 101 Å². The molecule has 1 rings (SSSR count). The second kappa shape index (κ2) is 7.09. The summed E-state index contributed by atoms with van der Waals surface area (Å²) in [4.78, 5) is 11.4. The van der Waals surface area contributed by atoms with E-state index in [1.54, 1.807) is 0 Å². The van der Waals surface area contributed by atoms with Gasteiger partial charge >= 0.3 is 0 Å². The number of hydrogen-bond acceptors (Lipinski definition) is 4. The van der Waals surface area contributed by atoms with Crippen molar-refractivity contribution in [3.05, 3.63) is 23.7 Å². The van der Waals surface area contributed by atoms with Crippen molar-refractivity contribution in [2.45, 2.75) is 25.9 Å². The highest BCUT2D eigenvalue weighted by atomic mass is 16.5. The summed E-state index contributed by atoms with van der Waals surface area (Å²) in [6, 6.07) is 3.73. The smallest absolute Gasteiger partial charge is 0.220 e. The third kappa shape index (κ3) is 5.51. The van der Waals surface area contributed by atoms with Crippen LogP contribution in [0.1, 0.15) is 17.9 Å². The van der Waals surface area contributed by atoms with Crippen LogP contribution < -0.4 is 5.32 Å².